The Morgan fingerprint density at radius 3 is 2.79 bits per heavy atom. The van der Waals surface area contributed by atoms with Crippen molar-refractivity contribution in [2.24, 2.45) is 5.92 Å². The summed E-state index contributed by atoms with van der Waals surface area (Å²) < 4.78 is 16.8. The zero-order chi connectivity index (χ0) is 19.5. The summed E-state index contributed by atoms with van der Waals surface area (Å²) in [5.41, 5.74) is 1.01. The molecule has 0 spiro atoms. The molecule has 1 saturated carbocycles. The summed E-state index contributed by atoms with van der Waals surface area (Å²) in [6.07, 6.45) is 6.04. The van der Waals surface area contributed by atoms with Crippen molar-refractivity contribution in [1.29, 1.82) is 0 Å². The van der Waals surface area contributed by atoms with Crippen LogP contribution >= 0.6 is 0 Å². The lowest BCUT2D eigenvalue weighted by Crippen LogP contribution is -2.35. The molecule has 1 amide bonds. The van der Waals surface area contributed by atoms with E-state index in [0.717, 1.165) is 0 Å². The predicted octanol–water partition coefficient (Wildman–Crippen LogP) is 2.50. The van der Waals surface area contributed by atoms with Crippen LogP contribution in [-0.2, 0) is 0 Å². The molecular weight excluding hydrogens is 366 g/mol. The lowest BCUT2D eigenvalue weighted by atomic mass is 10.4. The number of hydrogen-bond acceptors (Lipinski definition) is 8. The van der Waals surface area contributed by atoms with Crippen LogP contribution in [0.15, 0.2) is 29.1 Å². The van der Waals surface area contributed by atoms with Gasteiger partial charge in [-0.15, -0.1) is 0 Å². The van der Waals surface area contributed by atoms with Crippen LogP contribution in [0.3, 0.4) is 0 Å². The Hall–Kier alpha value is -3.43. The number of pyridine rings is 1. The average Bonchev–Trinajstić information content (AvgIpc) is 3.41. The average molecular weight is 385 g/mol. The van der Waals surface area contributed by atoms with Gasteiger partial charge in [0.05, 0.1) is 31.2 Å². The summed E-state index contributed by atoms with van der Waals surface area (Å²) in [6.45, 7) is 2.52. The van der Waals surface area contributed by atoms with Crippen molar-refractivity contribution >= 4 is 17.2 Å². The van der Waals surface area contributed by atoms with Gasteiger partial charge < -0.3 is 24.3 Å². The third-order valence-corrected chi connectivity index (χ3v) is 4.10. The van der Waals surface area contributed by atoms with Crippen molar-refractivity contribution in [3.8, 4) is 23.3 Å². The molecule has 4 rings (SSSR count). The number of nitrogens with one attached hydrogen (secondary N) is 1. The van der Waals surface area contributed by atoms with Crippen LogP contribution in [0.1, 0.15) is 19.8 Å². The first-order chi connectivity index (χ1) is 13.6. The second kappa shape index (κ2) is 7.67. The van der Waals surface area contributed by atoms with Gasteiger partial charge in [-0.1, -0.05) is 0 Å². The van der Waals surface area contributed by atoms with Crippen molar-refractivity contribution < 1.29 is 23.8 Å². The summed E-state index contributed by atoms with van der Waals surface area (Å²) in [6, 6.07) is 1.21. The first kappa shape index (κ1) is 18.0. The smallest absolute Gasteiger partial charge is 0.404 e. The van der Waals surface area contributed by atoms with Crippen LogP contribution in [0.2, 0.25) is 0 Å². The Kier molecular flexibility index (Phi) is 4.92. The van der Waals surface area contributed by atoms with Crippen molar-refractivity contribution in [2.45, 2.75) is 25.8 Å². The molecule has 0 unspecified atom stereocenters. The van der Waals surface area contributed by atoms with Gasteiger partial charge >= 0.3 is 6.09 Å². The monoisotopic (exact) mass is 385 g/mol. The molecule has 0 saturated heterocycles. The van der Waals surface area contributed by atoms with E-state index in [9.17, 15) is 4.79 Å². The molecule has 10 heteroatoms. The van der Waals surface area contributed by atoms with E-state index in [-0.39, 0.29) is 18.5 Å². The number of aromatic nitrogens is 4. The molecule has 3 aromatic heterocycles. The summed E-state index contributed by atoms with van der Waals surface area (Å²) in [4.78, 5) is 27.6. The van der Waals surface area contributed by atoms with Gasteiger partial charge in [-0.25, -0.2) is 24.7 Å². The highest BCUT2D eigenvalue weighted by atomic mass is 16.5. The molecule has 0 aliphatic heterocycles. The number of nitrogens with zero attached hydrogens (tertiary/aromatic N) is 4. The maximum absolute atomic E-state index is 10.6. The van der Waals surface area contributed by atoms with Gasteiger partial charge in [0.25, 0.3) is 5.89 Å². The molecule has 10 nitrogen and oxygen atoms in total. The van der Waals surface area contributed by atoms with E-state index in [2.05, 4.69) is 25.3 Å². The Morgan fingerprint density at radius 1 is 1.29 bits per heavy atom. The SMILES string of the molecule is C[C@@H](COc1cc2oc(-c3ncc(OCC4CC4)cn3)nc2cn1)NC(=O)O. The standard InChI is InChI=1S/C18H19N5O5/c1-10(22-18(24)25)8-27-15-4-14-13(7-19-15)23-17(28-14)16-20-5-12(6-21-16)26-9-11-2-3-11/h4-7,10-11,22H,2-3,8-9H2,1H3,(H,24,25)/t10-/m0/s1. The Bertz CT molecular complexity index is 970. The van der Waals surface area contributed by atoms with Crippen molar-refractivity contribution in [3.63, 3.8) is 0 Å². The van der Waals surface area contributed by atoms with Gasteiger partial charge in [0.1, 0.15) is 12.1 Å². The Morgan fingerprint density at radius 2 is 2.07 bits per heavy atom. The Balaban J connectivity index is 1.43. The minimum absolute atomic E-state index is 0.136. The summed E-state index contributed by atoms with van der Waals surface area (Å²) in [5.74, 6) is 2.19. The molecule has 0 radical (unpaired) electrons. The number of oxazole rings is 1. The molecule has 1 aliphatic rings. The van der Waals surface area contributed by atoms with Crippen molar-refractivity contribution in [1.82, 2.24) is 25.3 Å². The number of carboxylic acid groups (broad SMARTS) is 1. The molecule has 28 heavy (non-hydrogen) atoms. The molecule has 0 bridgehead atoms. The number of fused-ring (bicyclic) bond motifs is 1. The molecule has 1 aliphatic carbocycles. The molecule has 2 N–H and O–H groups in total. The van der Waals surface area contributed by atoms with E-state index in [1.54, 1.807) is 25.4 Å². The predicted molar refractivity (Wildman–Crippen MR) is 97.2 cm³/mol. The lowest BCUT2D eigenvalue weighted by molar-refractivity contribution is 0.182. The zero-order valence-corrected chi connectivity index (χ0v) is 15.2. The van der Waals surface area contributed by atoms with E-state index in [1.807, 2.05) is 0 Å². The topological polar surface area (TPSA) is 132 Å². The highest BCUT2D eigenvalue weighted by molar-refractivity contribution is 5.75. The second-order valence-corrected chi connectivity index (χ2v) is 6.67. The van der Waals surface area contributed by atoms with E-state index in [1.165, 1.54) is 19.0 Å². The third-order valence-electron chi connectivity index (χ3n) is 4.10. The molecule has 3 heterocycles. The van der Waals surface area contributed by atoms with Crippen LogP contribution < -0.4 is 14.8 Å². The summed E-state index contributed by atoms with van der Waals surface area (Å²) in [5, 5.41) is 11.0. The van der Waals surface area contributed by atoms with Crippen LogP contribution in [0, 0.1) is 5.92 Å². The van der Waals surface area contributed by atoms with Crippen LogP contribution in [0.5, 0.6) is 11.6 Å². The molecular formula is C18H19N5O5. The van der Waals surface area contributed by atoms with Gasteiger partial charge in [-0.2, -0.15) is 0 Å². The van der Waals surface area contributed by atoms with Gasteiger partial charge in [-0.3, -0.25) is 0 Å². The quantitative estimate of drug-likeness (QED) is 0.600. The van der Waals surface area contributed by atoms with Crippen LogP contribution in [0.25, 0.3) is 22.8 Å². The molecule has 0 aromatic carbocycles. The summed E-state index contributed by atoms with van der Waals surface area (Å²) >= 11 is 0. The van der Waals surface area contributed by atoms with E-state index >= 15 is 0 Å². The first-order valence-corrected chi connectivity index (χ1v) is 8.91. The highest BCUT2D eigenvalue weighted by Crippen LogP contribution is 2.29. The number of amides is 1. The third kappa shape index (κ3) is 4.45. The molecule has 146 valence electrons. The highest BCUT2D eigenvalue weighted by Gasteiger charge is 2.22. The van der Waals surface area contributed by atoms with Crippen molar-refractivity contribution in [2.75, 3.05) is 13.2 Å². The van der Waals surface area contributed by atoms with Crippen molar-refractivity contribution in [3.05, 3.63) is 24.7 Å². The fourth-order valence-electron chi connectivity index (χ4n) is 2.45. The van der Waals surface area contributed by atoms with Gasteiger partial charge in [0.2, 0.25) is 11.7 Å². The largest absolute Gasteiger partial charge is 0.490 e. The second-order valence-electron chi connectivity index (χ2n) is 6.67. The first-order valence-electron chi connectivity index (χ1n) is 8.91. The minimum atomic E-state index is -1.11. The lowest BCUT2D eigenvalue weighted by Gasteiger charge is -2.11. The molecule has 3 aromatic rings. The number of rotatable bonds is 8. The normalized spacial score (nSPS) is 14.6. The van der Waals surface area contributed by atoms with Gasteiger partial charge in [0, 0.05) is 6.07 Å². The zero-order valence-electron chi connectivity index (χ0n) is 15.2. The van der Waals surface area contributed by atoms with Crippen LogP contribution in [0.4, 0.5) is 4.79 Å². The van der Waals surface area contributed by atoms with Gasteiger partial charge in [0.15, 0.2) is 11.3 Å². The van der Waals surface area contributed by atoms with Gasteiger partial charge in [-0.05, 0) is 25.7 Å². The van der Waals surface area contributed by atoms with E-state index in [4.69, 9.17) is 19.0 Å². The maximum atomic E-state index is 10.6. The summed E-state index contributed by atoms with van der Waals surface area (Å²) in [7, 11) is 0. The Labute approximate surface area is 159 Å². The van der Waals surface area contributed by atoms with E-state index in [0.29, 0.717) is 41.1 Å². The molecule has 1 fully saturated rings. The fourth-order valence-corrected chi connectivity index (χ4v) is 2.45. The number of hydrogen-bond donors (Lipinski definition) is 2. The minimum Gasteiger partial charge on any atom is -0.490 e. The van der Waals surface area contributed by atoms with Crippen LogP contribution in [-0.4, -0.2) is 50.4 Å². The number of carbonyl (C=O) groups is 1. The maximum Gasteiger partial charge on any atom is 0.404 e. The molecule has 1 atom stereocenters. The fraction of sp³-hybridized carbons (Fsp3) is 0.389. The van der Waals surface area contributed by atoms with E-state index < -0.39 is 6.09 Å². The number of ether oxygens (including phenoxy) is 2.